The SMILES string of the molecule is C/C=C(/C=C/C=C/C=C/C(C)=C/C=O)C(C)C. The standard InChI is InChI=1S/C16H22O/c1-5-16(14(2)3)11-9-7-6-8-10-15(4)12-13-17/h5-14H,1-4H3/b7-6+,10-8+,11-9+,15-12+,16-5-. The molecule has 0 aliphatic rings. The van der Waals surface area contributed by atoms with Crippen LogP contribution in [0, 0.1) is 5.92 Å². The fourth-order valence-electron chi connectivity index (χ4n) is 1.29. The van der Waals surface area contributed by atoms with E-state index in [2.05, 4.69) is 32.9 Å². The average molecular weight is 230 g/mol. The van der Waals surface area contributed by atoms with Crippen LogP contribution in [0.5, 0.6) is 0 Å². The summed E-state index contributed by atoms with van der Waals surface area (Å²) in [6.07, 6.45) is 16.4. The maximum absolute atomic E-state index is 10.2. The first-order chi connectivity index (χ1) is 8.11. The van der Waals surface area contributed by atoms with E-state index in [-0.39, 0.29) is 0 Å². The second-order valence-electron chi connectivity index (χ2n) is 4.09. The Hall–Kier alpha value is -1.63. The summed E-state index contributed by atoms with van der Waals surface area (Å²) in [6, 6.07) is 0. The Morgan fingerprint density at radius 1 is 1.00 bits per heavy atom. The number of rotatable bonds is 6. The van der Waals surface area contributed by atoms with Gasteiger partial charge in [-0.3, -0.25) is 4.79 Å². The Balaban J connectivity index is 4.25. The maximum Gasteiger partial charge on any atom is 0.143 e. The van der Waals surface area contributed by atoms with Crippen LogP contribution in [-0.2, 0) is 4.79 Å². The Morgan fingerprint density at radius 2 is 1.59 bits per heavy atom. The van der Waals surface area contributed by atoms with Gasteiger partial charge in [-0.2, -0.15) is 0 Å². The molecule has 0 heterocycles. The van der Waals surface area contributed by atoms with E-state index < -0.39 is 0 Å². The van der Waals surface area contributed by atoms with Crippen molar-refractivity contribution in [1.29, 1.82) is 0 Å². The third-order valence-corrected chi connectivity index (χ3v) is 2.31. The lowest BCUT2D eigenvalue weighted by molar-refractivity contribution is -0.104. The normalized spacial score (nSPS) is 14.6. The van der Waals surface area contributed by atoms with Crippen LogP contribution >= 0.6 is 0 Å². The molecule has 0 radical (unpaired) electrons. The molecule has 0 amide bonds. The van der Waals surface area contributed by atoms with Gasteiger partial charge in [-0.05, 0) is 37.0 Å². The number of allylic oxidation sites excluding steroid dienone is 10. The molecule has 0 aromatic rings. The van der Waals surface area contributed by atoms with E-state index in [1.807, 2.05) is 37.3 Å². The third-order valence-electron chi connectivity index (χ3n) is 2.31. The zero-order valence-corrected chi connectivity index (χ0v) is 11.2. The van der Waals surface area contributed by atoms with Gasteiger partial charge in [0.2, 0.25) is 0 Å². The van der Waals surface area contributed by atoms with Crippen molar-refractivity contribution >= 4 is 6.29 Å². The summed E-state index contributed by atoms with van der Waals surface area (Å²) in [7, 11) is 0. The number of hydrogen-bond donors (Lipinski definition) is 0. The van der Waals surface area contributed by atoms with Crippen LogP contribution in [0.2, 0.25) is 0 Å². The Morgan fingerprint density at radius 3 is 2.06 bits per heavy atom. The Labute approximate surface area is 105 Å². The summed E-state index contributed by atoms with van der Waals surface area (Å²) < 4.78 is 0. The predicted octanol–water partition coefficient (Wildman–Crippen LogP) is 4.40. The first-order valence-corrected chi connectivity index (χ1v) is 5.91. The highest BCUT2D eigenvalue weighted by Gasteiger charge is 1.94. The van der Waals surface area contributed by atoms with Crippen LogP contribution < -0.4 is 0 Å². The monoisotopic (exact) mass is 230 g/mol. The van der Waals surface area contributed by atoms with Crippen molar-refractivity contribution < 1.29 is 4.79 Å². The highest BCUT2D eigenvalue weighted by atomic mass is 16.1. The van der Waals surface area contributed by atoms with Gasteiger partial charge < -0.3 is 0 Å². The molecule has 0 spiro atoms. The second-order valence-corrected chi connectivity index (χ2v) is 4.09. The summed E-state index contributed by atoms with van der Waals surface area (Å²) in [4.78, 5) is 10.2. The topological polar surface area (TPSA) is 17.1 Å². The van der Waals surface area contributed by atoms with Crippen LogP contribution in [0.25, 0.3) is 0 Å². The highest BCUT2D eigenvalue weighted by molar-refractivity contribution is 5.66. The number of hydrogen-bond acceptors (Lipinski definition) is 1. The second kappa shape index (κ2) is 9.59. The van der Waals surface area contributed by atoms with Gasteiger partial charge in [0, 0.05) is 0 Å². The lowest BCUT2D eigenvalue weighted by Gasteiger charge is -2.03. The molecule has 0 atom stereocenters. The molecule has 0 aromatic heterocycles. The fourth-order valence-corrected chi connectivity index (χ4v) is 1.29. The molecule has 0 bridgehead atoms. The van der Waals surface area contributed by atoms with E-state index in [1.54, 1.807) is 0 Å². The van der Waals surface area contributed by atoms with Gasteiger partial charge in [-0.25, -0.2) is 0 Å². The molecule has 0 aliphatic heterocycles. The molecule has 1 heteroatoms. The highest BCUT2D eigenvalue weighted by Crippen LogP contribution is 2.10. The van der Waals surface area contributed by atoms with E-state index in [0.29, 0.717) is 5.92 Å². The lowest BCUT2D eigenvalue weighted by Crippen LogP contribution is -1.88. The average Bonchev–Trinajstić information content (AvgIpc) is 2.28. The van der Waals surface area contributed by atoms with Crippen molar-refractivity contribution in [3.8, 4) is 0 Å². The molecular weight excluding hydrogens is 208 g/mol. The largest absolute Gasteiger partial charge is 0.299 e. The molecule has 0 rings (SSSR count). The first kappa shape index (κ1) is 15.4. The zero-order chi connectivity index (χ0) is 13.1. The summed E-state index contributed by atoms with van der Waals surface area (Å²) in [5, 5.41) is 0. The lowest BCUT2D eigenvalue weighted by atomic mass is 10.0. The van der Waals surface area contributed by atoms with Crippen LogP contribution in [0.4, 0.5) is 0 Å². The zero-order valence-electron chi connectivity index (χ0n) is 11.2. The van der Waals surface area contributed by atoms with Crippen LogP contribution in [0.1, 0.15) is 27.7 Å². The van der Waals surface area contributed by atoms with Crippen molar-refractivity contribution in [2.45, 2.75) is 27.7 Å². The van der Waals surface area contributed by atoms with Gasteiger partial charge in [0.25, 0.3) is 0 Å². The van der Waals surface area contributed by atoms with Crippen LogP contribution in [0.3, 0.4) is 0 Å². The quantitative estimate of drug-likeness (QED) is 0.375. The van der Waals surface area contributed by atoms with E-state index in [9.17, 15) is 4.79 Å². The van der Waals surface area contributed by atoms with Gasteiger partial charge in [0.1, 0.15) is 6.29 Å². The molecule has 0 aromatic carbocycles. The summed E-state index contributed by atoms with van der Waals surface area (Å²) in [5.74, 6) is 0.554. The molecule has 1 nitrogen and oxygen atoms in total. The van der Waals surface area contributed by atoms with Crippen molar-refractivity contribution in [1.82, 2.24) is 0 Å². The van der Waals surface area contributed by atoms with Gasteiger partial charge >= 0.3 is 0 Å². The molecule has 0 fully saturated rings. The number of carbonyl (C=O) groups excluding carboxylic acids is 1. The van der Waals surface area contributed by atoms with Gasteiger partial charge in [0.05, 0.1) is 0 Å². The first-order valence-electron chi connectivity index (χ1n) is 5.91. The number of carbonyl (C=O) groups is 1. The Kier molecular flexibility index (Phi) is 8.67. The fraction of sp³-hybridized carbons (Fsp3) is 0.312. The molecule has 92 valence electrons. The molecule has 0 N–H and O–H groups in total. The third kappa shape index (κ3) is 8.21. The van der Waals surface area contributed by atoms with Crippen molar-refractivity contribution in [3.63, 3.8) is 0 Å². The van der Waals surface area contributed by atoms with E-state index in [1.165, 1.54) is 11.6 Å². The molecular formula is C16H22O. The number of aldehydes is 1. The van der Waals surface area contributed by atoms with Gasteiger partial charge in [-0.1, -0.05) is 56.4 Å². The minimum absolute atomic E-state index is 0.554. The molecule has 0 unspecified atom stereocenters. The van der Waals surface area contributed by atoms with Crippen LogP contribution in [0.15, 0.2) is 59.8 Å². The van der Waals surface area contributed by atoms with Crippen molar-refractivity contribution in [3.05, 3.63) is 59.8 Å². The Bertz CT molecular complexity index is 363. The molecule has 0 saturated carbocycles. The minimum atomic E-state index is 0.554. The molecule has 0 aliphatic carbocycles. The minimum Gasteiger partial charge on any atom is -0.299 e. The maximum atomic E-state index is 10.2. The van der Waals surface area contributed by atoms with Crippen LogP contribution in [-0.4, -0.2) is 6.29 Å². The van der Waals surface area contributed by atoms with Gasteiger partial charge in [0.15, 0.2) is 0 Å². The van der Waals surface area contributed by atoms with E-state index in [0.717, 1.165) is 11.9 Å². The summed E-state index contributed by atoms with van der Waals surface area (Å²) in [6.45, 7) is 8.30. The predicted molar refractivity (Wildman–Crippen MR) is 75.8 cm³/mol. The van der Waals surface area contributed by atoms with Crippen molar-refractivity contribution in [2.75, 3.05) is 0 Å². The van der Waals surface area contributed by atoms with Crippen molar-refractivity contribution in [2.24, 2.45) is 5.92 Å². The summed E-state index contributed by atoms with van der Waals surface area (Å²) >= 11 is 0. The van der Waals surface area contributed by atoms with E-state index in [4.69, 9.17) is 0 Å². The van der Waals surface area contributed by atoms with E-state index >= 15 is 0 Å². The summed E-state index contributed by atoms with van der Waals surface area (Å²) in [5.41, 5.74) is 2.28. The van der Waals surface area contributed by atoms with Gasteiger partial charge in [-0.15, -0.1) is 0 Å². The molecule has 17 heavy (non-hydrogen) atoms. The smallest absolute Gasteiger partial charge is 0.143 e. The molecule has 0 saturated heterocycles.